The van der Waals surface area contributed by atoms with Gasteiger partial charge in [-0.05, 0) is 23.8 Å². The van der Waals surface area contributed by atoms with Gasteiger partial charge in [0.15, 0.2) is 0 Å². The van der Waals surface area contributed by atoms with Crippen molar-refractivity contribution in [2.45, 2.75) is 31.5 Å². The van der Waals surface area contributed by atoms with Gasteiger partial charge >= 0.3 is 0 Å². The van der Waals surface area contributed by atoms with Crippen molar-refractivity contribution in [3.8, 4) is 22.6 Å². The molecule has 6 nitrogen and oxygen atoms in total. The number of ether oxygens (including phenoxy) is 3. The minimum Gasteiger partial charge on any atom is -0.497 e. The predicted molar refractivity (Wildman–Crippen MR) is 96.0 cm³/mol. The summed E-state index contributed by atoms with van der Waals surface area (Å²) >= 11 is 0. The maximum Gasteiger partial charge on any atom is 0.205 e. The molecule has 140 valence electrons. The molecule has 0 radical (unpaired) electrons. The monoisotopic (exact) mass is 360 g/mol. The lowest BCUT2D eigenvalue weighted by atomic mass is 9.92. The Morgan fingerprint density at radius 1 is 1.04 bits per heavy atom. The summed E-state index contributed by atoms with van der Waals surface area (Å²) in [5.74, 6) is 0.850. The van der Waals surface area contributed by atoms with Gasteiger partial charge in [0.05, 0.1) is 19.8 Å². The second kappa shape index (κ2) is 8.05. The number of benzene rings is 2. The average molecular weight is 360 g/mol. The molecule has 2 aromatic rings. The van der Waals surface area contributed by atoms with Gasteiger partial charge in [-0.2, -0.15) is 0 Å². The van der Waals surface area contributed by atoms with E-state index in [1.54, 1.807) is 14.0 Å². The fourth-order valence-corrected chi connectivity index (χ4v) is 3.08. The van der Waals surface area contributed by atoms with Crippen LogP contribution in [0.15, 0.2) is 48.5 Å². The zero-order chi connectivity index (χ0) is 18.7. The second-order valence-electron chi connectivity index (χ2n) is 6.41. The van der Waals surface area contributed by atoms with E-state index in [0.717, 1.165) is 16.9 Å². The molecular formula is C20H24O6. The van der Waals surface area contributed by atoms with Crippen LogP contribution in [0.4, 0.5) is 0 Å². The van der Waals surface area contributed by atoms with E-state index in [9.17, 15) is 15.3 Å². The fraction of sp³-hybridized carbons (Fsp3) is 0.400. The first-order chi connectivity index (χ1) is 12.5. The summed E-state index contributed by atoms with van der Waals surface area (Å²) in [5, 5.41) is 29.6. The van der Waals surface area contributed by atoms with Crippen LogP contribution in [0.2, 0.25) is 0 Å². The quantitative estimate of drug-likeness (QED) is 0.754. The summed E-state index contributed by atoms with van der Waals surface area (Å²) in [6, 6.07) is 15.1. The molecule has 0 bridgehead atoms. The predicted octanol–water partition coefficient (Wildman–Crippen LogP) is 1.82. The van der Waals surface area contributed by atoms with Crippen LogP contribution in [0, 0.1) is 5.92 Å². The Balaban J connectivity index is 1.88. The molecule has 1 aliphatic rings. The van der Waals surface area contributed by atoms with E-state index in [-0.39, 0.29) is 0 Å². The molecule has 2 unspecified atom stereocenters. The number of para-hydroxylation sites is 1. The molecule has 0 amide bonds. The van der Waals surface area contributed by atoms with Crippen molar-refractivity contribution in [2.75, 3.05) is 13.7 Å². The zero-order valence-corrected chi connectivity index (χ0v) is 14.8. The Hall–Kier alpha value is -2.12. The SMILES string of the molecule is COc1cccc(-c2ccccc2O[C@@H]2OC(CO)[C@H](O)[C@H](O)C2C)c1. The third-order valence-corrected chi connectivity index (χ3v) is 4.70. The van der Waals surface area contributed by atoms with Crippen molar-refractivity contribution in [3.05, 3.63) is 48.5 Å². The molecule has 6 heteroatoms. The van der Waals surface area contributed by atoms with Gasteiger partial charge in [0, 0.05) is 11.5 Å². The van der Waals surface area contributed by atoms with Crippen molar-refractivity contribution in [3.63, 3.8) is 0 Å². The number of hydrogen-bond donors (Lipinski definition) is 3. The maximum atomic E-state index is 10.2. The van der Waals surface area contributed by atoms with Crippen molar-refractivity contribution in [1.82, 2.24) is 0 Å². The molecule has 1 saturated heterocycles. The first kappa shape index (κ1) is 18.7. The van der Waals surface area contributed by atoms with Crippen LogP contribution in [0.1, 0.15) is 6.92 Å². The lowest BCUT2D eigenvalue weighted by Gasteiger charge is -2.40. The highest BCUT2D eigenvalue weighted by molar-refractivity contribution is 5.71. The number of rotatable bonds is 5. The highest BCUT2D eigenvalue weighted by Gasteiger charge is 2.43. The van der Waals surface area contributed by atoms with Crippen molar-refractivity contribution < 1.29 is 29.5 Å². The Bertz CT molecular complexity index is 732. The summed E-state index contributed by atoms with van der Waals surface area (Å²) in [4.78, 5) is 0. The Morgan fingerprint density at radius 3 is 2.54 bits per heavy atom. The normalized spacial score (nSPS) is 28.6. The molecule has 0 aromatic heterocycles. The van der Waals surface area contributed by atoms with Crippen LogP contribution >= 0.6 is 0 Å². The molecule has 0 spiro atoms. The van der Waals surface area contributed by atoms with Gasteiger partial charge in [0.1, 0.15) is 23.7 Å². The Labute approximate surface area is 152 Å². The van der Waals surface area contributed by atoms with Crippen LogP contribution in [0.25, 0.3) is 11.1 Å². The number of aliphatic hydroxyl groups is 3. The molecule has 0 aliphatic carbocycles. The highest BCUT2D eigenvalue weighted by Crippen LogP contribution is 2.35. The van der Waals surface area contributed by atoms with Crippen LogP contribution in [0.5, 0.6) is 11.5 Å². The summed E-state index contributed by atoms with van der Waals surface area (Å²) in [5.41, 5.74) is 1.77. The van der Waals surface area contributed by atoms with Crippen LogP contribution in [-0.4, -0.2) is 53.6 Å². The second-order valence-corrected chi connectivity index (χ2v) is 6.41. The van der Waals surface area contributed by atoms with Crippen LogP contribution in [-0.2, 0) is 4.74 Å². The zero-order valence-electron chi connectivity index (χ0n) is 14.8. The summed E-state index contributed by atoms with van der Waals surface area (Å²) in [7, 11) is 1.61. The molecule has 1 fully saturated rings. The number of methoxy groups -OCH3 is 1. The van der Waals surface area contributed by atoms with Crippen LogP contribution in [0.3, 0.4) is 0 Å². The van der Waals surface area contributed by atoms with Crippen molar-refractivity contribution in [2.24, 2.45) is 5.92 Å². The summed E-state index contributed by atoms with van der Waals surface area (Å²) in [6.07, 6.45) is -3.88. The maximum absolute atomic E-state index is 10.2. The van der Waals surface area contributed by atoms with Gasteiger partial charge < -0.3 is 29.5 Å². The standard InChI is InChI=1S/C20H24O6/c1-12-18(22)19(23)17(11-21)26-20(12)25-16-9-4-3-8-15(16)13-6-5-7-14(10-13)24-2/h3-10,12,17-23H,11H2,1-2H3/t12?,17?,18-,19+,20-/m1/s1. The summed E-state index contributed by atoms with van der Waals surface area (Å²) < 4.78 is 17.0. The van der Waals surface area contributed by atoms with E-state index < -0.39 is 37.1 Å². The van der Waals surface area contributed by atoms with Gasteiger partial charge in [-0.15, -0.1) is 0 Å². The summed E-state index contributed by atoms with van der Waals surface area (Å²) in [6.45, 7) is 1.34. The molecule has 5 atom stereocenters. The topological polar surface area (TPSA) is 88.4 Å². The molecule has 1 heterocycles. The molecule has 0 saturated carbocycles. The van der Waals surface area contributed by atoms with Crippen molar-refractivity contribution in [1.29, 1.82) is 0 Å². The minimum absolute atomic E-state index is 0.400. The fourth-order valence-electron chi connectivity index (χ4n) is 3.08. The smallest absolute Gasteiger partial charge is 0.205 e. The minimum atomic E-state index is -1.15. The van der Waals surface area contributed by atoms with E-state index in [2.05, 4.69) is 0 Å². The lowest BCUT2D eigenvalue weighted by molar-refractivity contribution is -0.256. The lowest BCUT2D eigenvalue weighted by Crippen LogP contribution is -2.56. The van der Waals surface area contributed by atoms with Crippen LogP contribution < -0.4 is 9.47 Å². The third kappa shape index (κ3) is 3.68. The third-order valence-electron chi connectivity index (χ3n) is 4.70. The van der Waals surface area contributed by atoms with E-state index in [4.69, 9.17) is 14.2 Å². The van der Waals surface area contributed by atoms with E-state index in [0.29, 0.717) is 5.75 Å². The molecule has 26 heavy (non-hydrogen) atoms. The largest absolute Gasteiger partial charge is 0.497 e. The first-order valence-electron chi connectivity index (χ1n) is 8.57. The van der Waals surface area contributed by atoms with E-state index in [1.807, 2.05) is 48.5 Å². The van der Waals surface area contributed by atoms with Gasteiger partial charge in [-0.25, -0.2) is 0 Å². The number of hydrogen-bond acceptors (Lipinski definition) is 6. The van der Waals surface area contributed by atoms with Gasteiger partial charge in [-0.3, -0.25) is 0 Å². The van der Waals surface area contributed by atoms with Gasteiger partial charge in [0.2, 0.25) is 6.29 Å². The van der Waals surface area contributed by atoms with E-state index >= 15 is 0 Å². The molecule has 2 aromatic carbocycles. The van der Waals surface area contributed by atoms with E-state index in [1.165, 1.54) is 0 Å². The molecular weight excluding hydrogens is 336 g/mol. The Morgan fingerprint density at radius 2 is 1.81 bits per heavy atom. The highest BCUT2D eigenvalue weighted by atomic mass is 16.7. The van der Waals surface area contributed by atoms with Crippen molar-refractivity contribution >= 4 is 0 Å². The molecule has 3 rings (SSSR count). The van der Waals surface area contributed by atoms with Gasteiger partial charge in [0.25, 0.3) is 0 Å². The molecule has 3 N–H and O–H groups in total. The number of aliphatic hydroxyl groups excluding tert-OH is 3. The first-order valence-corrected chi connectivity index (χ1v) is 8.57. The average Bonchev–Trinajstić information content (AvgIpc) is 2.68. The van der Waals surface area contributed by atoms with Gasteiger partial charge in [-0.1, -0.05) is 37.3 Å². The Kier molecular flexibility index (Phi) is 5.78. The molecule has 1 aliphatic heterocycles.